The van der Waals surface area contributed by atoms with Crippen LogP contribution >= 0.6 is 0 Å². The first kappa shape index (κ1) is 4.67. The molecule has 1 saturated heterocycles. The number of ether oxygens (including phenoxy) is 1. The summed E-state index contributed by atoms with van der Waals surface area (Å²) >= 11 is 0. The average molecular weight is 96.1 g/mol. The van der Waals surface area contributed by atoms with E-state index in [2.05, 4.69) is 11.8 Å². The number of hydrogen-bond donors (Lipinski definition) is 0. The summed E-state index contributed by atoms with van der Waals surface area (Å²) in [6.45, 7) is 2.74. The maximum absolute atomic E-state index is 5.00. The lowest BCUT2D eigenvalue weighted by Crippen LogP contribution is -2.24. The minimum atomic E-state index is 0.269. The summed E-state index contributed by atoms with van der Waals surface area (Å²) in [4.78, 5) is 0. The van der Waals surface area contributed by atoms with Crippen LogP contribution in [0.25, 0.3) is 0 Å². The Balaban J connectivity index is 2.23. The van der Waals surface area contributed by atoms with Crippen molar-refractivity contribution in [1.82, 2.24) is 0 Å². The molecule has 1 atom stereocenters. The molecule has 0 N–H and O–H groups in total. The van der Waals surface area contributed by atoms with Gasteiger partial charge in [-0.05, 0) is 6.92 Å². The van der Waals surface area contributed by atoms with Crippen LogP contribution in [0, 0.1) is 11.8 Å². The Morgan fingerprint density at radius 1 is 1.71 bits per heavy atom. The van der Waals surface area contributed by atoms with E-state index in [9.17, 15) is 0 Å². The first-order valence-corrected chi connectivity index (χ1v) is 2.47. The number of hydrogen-bond acceptors (Lipinski definition) is 1. The Labute approximate surface area is 43.7 Å². The maximum atomic E-state index is 5.00. The Hall–Kier alpha value is -0.480. The fraction of sp³-hybridized carbons (Fsp3) is 0.667. The summed E-state index contributed by atoms with van der Waals surface area (Å²) in [7, 11) is 0. The molecule has 1 unspecified atom stereocenters. The van der Waals surface area contributed by atoms with Crippen molar-refractivity contribution in [2.45, 2.75) is 19.4 Å². The van der Waals surface area contributed by atoms with E-state index in [1.807, 2.05) is 6.92 Å². The highest BCUT2D eigenvalue weighted by Gasteiger charge is 2.13. The molecule has 1 heteroatoms. The van der Waals surface area contributed by atoms with Gasteiger partial charge in [-0.1, -0.05) is 5.92 Å². The maximum Gasteiger partial charge on any atom is 0.120 e. The minimum absolute atomic E-state index is 0.269. The highest BCUT2D eigenvalue weighted by atomic mass is 16.5. The second-order valence-corrected chi connectivity index (χ2v) is 1.54. The quantitative estimate of drug-likeness (QED) is 0.405. The molecule has 0 aliphatic carbocycles. The Morgan fingerprint density at radius 2 is 2.43 bits per heavy atom. The fourth-order valence-corrected chi connectivity index (χ4v) is 0.511. The van der Waals surface area contributed by atoms with E-state index in [1.165, 1.54) is 0 Å². The Bertz CT molecular complexity index is 103. The van der Waals surface area contributed by atoms with Crippen LogP contribution in [0.1, 0.15) is 13.3 Å². The first-order valence-electron chi connectivity index (χ1n) is 2.47. The predicted octanol–water partition coefficient (Wildman–Crippen LogP) is 0.799. The molecule has 1 aliphatic heterocycles. The summed E-state index contributed by atoms with van der Waals surface area (Å²) in [6.07, 6.45) is 1.39. The van der Waals surface area contributed by atoms with Gasteiger partial charge in [0.25, 0.3) is 0 Å². The molecule has 0 aromatic heterocycles. The van der Waals surface area contributed by atoms with E-state index in [0.717, 1.165) is 13.0 Å². The van der Waals surface area contributed by atoms with Crippen molar-refractivity contribution >= 4 is 0 Å². The Morgan fingerprint density at radius 3 is 2.57 bits per heavy atom. The van der Waals surface area contributed by atoms with Crippen LogP contribution in [0.5, 0.6) is 0 Å². The number of rotatable bonds is 0. The molecule has 1 aliphatic rings. The fourth-order valence-electron chi connectivity index (χ4n) is 0.511. The molecule has 1 heterocycles. The van der Waals surface area contributed by atoms with E-state index in [1.54, 1.807) is 0 Å². The summed E-state index contributed by atoms with van der Waals surface area (Å²) in [5, 5.41) is 0. The zero-order chi connectivity index (χ0) is 5.11. The van der Waals surface area contributed by atoms with Crippen molar-refractivity contribution in [3.05, 3.63) is 0 Å². The minimum Gasteiger partial charge on any atom is -0.365 e. The average Bonchev–Trinajstić information content (AvgIpc) is 1.55. The van der Waals surface area contributed by atoms with Gasteiger partial charge in [-0.25, -0.2) is 0 Å². The Kier molecular flexibility index (Phi) is 1.33. The topological polar surface area (TPSA) is 9.23 Å². The summed E-state index contributed by atoms with van der Waals surface area (Å²) in [5.74, 6) is 5.70. The van der Waals surface area contributed by atoms with Crippen molar-refractivity contribution < 1.29 is 4.74 Å². The first-order chi connectivity index (χ1) is 3.43. The van der Waals surface area contributed by atoms with Gasteiger partial charge in [0, 0.05) is 6.42 Å². The lowest BCUT2D eigenvalue weighted by Gasteiger charge is -2.20. The molecule has 38 valence electrons. The molecule has 0 amide bonds. The lowest BCUT2D eigenvalue weighted by atomic mass is 10.2. The van der Waals surface area contributed by atoms with Crippen molar-refractivity contribution in [3.8, 4) is 11.8 Å². The van der Waals surface area contributed by atoms with Gasteiger partial charge in [-0.15, -0.1) is 5.92 Å². The molecule has 1 nitrogen and oxygen atoms in total. The third kappa shape index (κ3) is 0.942. The van der Waals surface area contributed by atoms with Crippen LogP contribution in [0.3, 0.4) is 0 Å². The predicted molar refractivity (Wildman–Crippen MR) is 27.8 cm³/mol. The van der Waals surface area contributed by atoms with Crippen LogP contribution in [0.4, 0.5) is 0 Å². The van der Waals surface area contributed by atoms with Crippen LogP contribution < -0.4 is 0 Å². The van der Waals surface area contributed by atoms with E-state index in [0.29, 0.717) is 0 Å². The zero-order valence-electron chi connectivity index (χ0n) is 4.40. The van der Waals surface area contributed by atoms with Crippen LogP contribution in [0.2, 0.25) is 0 Å². The van der Waals surface area contributed by atoms with Gasteiger partial charge in [-0.3, -0.25) is 0 Å². The van der Waals surface area contributed by atoms with E-state index in [4.69, 9.17) is 4.74 Å². The van der Waals surface area contributed by atoms with Crippen LogP contribution in [-0.2, 0) is 4.74 Å². The molecule has 1 fully saturated rings. The van der Waals surface area contributed by atoms with Gasteiger partial charge in [0.1, 0.15) is 6.10 Å². The molecule has 0 spiro atoms. The van der Waals surface area contributed by atoms with Gasteiger partial charge in [0.05, 0.1) is 6.61 Å². The third-order valence-electron chi connectivity index (χ3n) is 1.00. The summed E-state index contributed by atoms with van der Waals surface area (Å²) in [5.41, 5.74) is 0. The van der Waals surface area contributed by atoms with Crippen molar-refractivity contribution in [1.29, 1.82) is 0 Å². The molecule has 0 saturated carbocycles. The molecule has 0 radical (unpaired) electrons. The van der Waals surface area contributed by atoms with Gasteiger partial charge in [-0.2, -0.15) is 0 Å². The zero-order valence-corrected chi connectivity index (χ0v) is 4.40. The van der Waals surface area contributed by atoms with E-state index < -0.39 is 0 Å². The standard InChI is InChI=1S/C6H8O/c1-2-3-6-4-5-7-6/h6H,4-5H2,1H3. The van der Waals surface area contributed by atoms with E-state index >= 15 is 0 Å². The molecular weight excluding hydrogens is 88.1 g/mol. The van der Waals surface area contributed by atoms with Crippen molar-refractivity contribution in [3.63, 3.8) is 0 Å². The van der Waals surface area contributed by atoms with Crippen LogP contribution in [-0.4, -0.2) is 12.7 Å². The van der Waals surface area contributed by atoms with Crippen molar-refractivity contribution in [2.75, 3.05) is 6.61 Å². The molecule has 0 aromatic carbocycles. The third-order valence-corrected chi connectivity index (χ3v) is 1.00. The van der Waals surface area contributed by atoms with Gasteiger partial charge < -0.3 is 4.74 Å². The SMILES string of the molecule is CC#CC1CCO1. The molecule has 7 heavy (non-hydrogen) atoms. The molecular formula is C6H8O. The lowest BCUT2D eigenvalue weighted by molar-refractivity contribution is -0.0122. The molecule has 0 bridgehead atoms. The second-order valence-electron chi connectivity index (χ2n) is 1.54. The second kappa shape index (κ2) is 1.99. The van der Waals surface area contributed by atoms with Gasteiger partial charge in [0.2, 0.25) is 0 Å². The molecule has 1 rings (SSSR count). The highest BCUT2D eigenvalue weighted by Crippen LogP contribution is 2.07. The molecule has 0 aromatic rings. The van der Waals surface area contributed by atoms with Crippen molar-refractivity contribution in [2.24, 2.45) is 0 Å². The van der Waals surface area contributed by atoms with Gasteiger partial charge in [0.15, 0.2) is 0 Å². The smallest absolute Gasteiger partial charge is 0.120 e. The normalized spacial score (nSPS) is 27.3. The van der Waals surface area contributed by atoms with Crippen LogP contribution in [0.15, 0.2) is 0 Å². The van der Waals surface area contributed by atoms with Gasteiger partial charge >= 0.3 is 0 Å². The highest BCUT2D eigenvalue weighted by molar-refractivity contribution is 5.04. The summed E-state index contributed by atoms with van der Waals surface area (Å²) < 4.78 is 5.00. The monoisotopic (exact) mass is 96.1 g/mol. The summed E-state index contributed by atoms with van der Waals surface area (Å²) in [6, 6.07) is 0. The van der Waals surface area contributed by atoms with E-state index in [-0.39, 0.29) is 6.10 Å². The largest absolute Gasteiger partial charge is 0.365 e.